The van der Waals surface area contributed by atoms with Crippen molar-refractivity contribution in [1.82, 2.24) is 15.2 Å². The quantitative estimate of drug-likeness (QED) is 0.318. The summed E-state index contributed by atoms with van der Waals surface area (Å²) in [5.74, 6) is 1.05. The first-order valence-electron chi connectivity index (χ1n) is 12.3. The first kappa shape index (κ1) is 28.0. The molecule has 2 heterocycles. The molecule has 0 spiro atoms. The third-order valence-electron chi connectivity index (χ3n) is 6.50. The highest BCUT2D eigenvalue weighted by atomic mass is 35.5. The van der Waals surface area contributed by atoms with Crippen LogP contribution in [0.15, 0.2) is 54.7 Å². The van der Waals surface area contributed by atoms with Gasteiger partial charge in [0.05, 0.1) is 13.7 Å². The smallest absolute Gasteiger partial charge is 0.254 e. The lowest BCUT2D eigenvalue weighted by atomic mass is 9.96. The second kappa shape index (κ2) is 13.2. The van der Waals surface area contributed by atoms with Crippen molar-refractivity contribution in [3.8, 4) is 11.5 Å². The minimum absolute atomic E-state index is 0.0547. The van der Waals surface area contributed by atoms with Crippen molar-refractivity contribution in [1.29, 1.82) is 0 Å². The van der Waals surface area contributed by atoms with E-state index in [0.717, 1.165) is 18.4 Å². The van der Waals surface area contributed by atoms with E-state index in [1.54, 1.807) is 49.6 Å². The van der Waals surface area contributed by atoms with E-state index < -0.39 is 0 Å². The molecular weight excluding hydrogens is 549 g/mol. The average molecular weight is 577 g/mol. The van der Waals surface area contributed by atoms with Gasteiger partial charge >= 0.3 is 0 Å². The van der Waals surface area contributed by atoms with E-state index in [9.17, 15) is 9.59 Å². The van der Waals surface area contributed by atoms with E-state index in [2.05, 4.69) is 10.3 Å². The second-order valence-electron chi connectivity index (χ2n) is 9.01. The molecule has 1 N–H and O–H groups in total. The summed E-state index contributed by atoms with van der Waals surface area (Å²) in [6.07, 6.45) is 3.71. The van der Waals surface area contributed by atoms with Crippen molar-refractivity contribution in [3.05, 3.63) is 86.6 Å². The number of piperidine rings is 1. The molecule has 7 nitrogen and oxygen atoms in total. The van der Waals surface area contributed by atoms with Gasteiger partial charge in [0.15, 0.2) is 11.5 Å². The molecule has 0 saturated carbocycles. The maximum Gasteiger partial charge on any atom is 0.254 e. The SMILES string of the molecule is COc1ccc(C(=O)NCC2CCN(C(=O)c3ccnc(Cl)c3)CC2)cc1OCCc1ccc(Cl)cc1Cl. The van der Waals surface area contributed by atoms with Gasteiger partial charge in [-0.25, -0.2) is 4.98 Å². The molecule has 1 aliphatic rings. The Hall–Kier alpha value is -3.00. The van der Waals surface area contributed by atoms with E-state index in [0.29, 0.717) is 70.5 Å². The summed E-state index contributed by atoms with van der Waals surface area (Å²) in [6.45, 7) is 2.12. The van der Waals surface area contributed by atoms with Crippen LogP contribution in [0.25, 0.3) is 0 Å². The van der Waals surface area contributed by atoms with E-state index >= 15 is 0 Å². The molecular formula is C28H28Cl3N3O4. The monoisotopic (exact) mass is 575 g/mol. The zero-order valence-corrected chi connectivity index (χ0v) is 23.2. The molecule has 1 aromatic heterocycles. The van der Waals surface area contributed by atoms with Crippen molar-refractivity contribution in [3.63, 3.8) is 0 Å². The first-order chi connectivity index (χ1) is 18.3. The molecule has 0 bridgehead atoms. The van der Waals surface area contributed by atoms with Crippen molar-refractivity contribution in [2.75, 3.05) is 33.4 Å². The summed E-state index contributed by atoms with van der Waals surface area (Å²) < 4.78 is 11.3. The van der Waals surface area contributed by atoms with Crippen LogP contribution < -0.4 is 14.8 Å². The molecule has 0 radical (unpaired) electrons. The number of nitrogens with one attached hydrogen (secondary N) is 1. The molecule has 2 amide bonds. The van der Waals surface area contributed by atoms with Gasteiger partial charge in [-0.1, -0.05) is 40.9 Å². The fourth-order valence-electron chi connectivity index (χ4n) is 4.32. The molecule has 38 heavy (non-hydrogen) atoms. The number of likely N-dealkylation sites (tertiary alicyclic amines) is 1. The number of pyridine rings is 1. The van der Waals surface area contributed by atoms with Gasteiger partial charge in [-0.2, -0.15) is 0 Å². The van der Waals surface area contributed by atoms with Crippen LogP contribution in [0.5, 0.6) is 11.5 Å². The van der Waals surface area contributed by atoms with Crippen molar-refractivity contribution in [2.24, 2.45) is 5.92 Å². The number of carbonyl (C=O) groups is 2. The lowest BCUT2D eigenvalue weighted by Gasteiger charge is -2.32. The highest BCUT2D eigenvalue weighted by Gasteiger charge is 2.24. The highest BCUT2D eigenvalue weighted by molar-refractivity contribution is 6.35. The molecule has 3 aromatic rings. The minimum Gasteiger partial charge on any atom is -0.493 e. The first-order valence-corrected chi connectivity index (χ1v) is 13.4. The van der Waals surface area contributed by atoms with Crippen LogP contribution in [-0.2, 0) is 6.42 Å². The van der Waals surface area contributed by atoms with Crippen LogP contribution in [0.3, 0.4) is 0 Å². The second-order valence-corrected chi connectivity index (χ2v) is 10.2. The molecule has 4 rings (SSSR count). The molecule has 0 aliphatic carbocycles. The number of carbonyl (C=O) groups excluding carboxylic acids is 2. The van der Waals surface area contributed by atoms with Crippen molar-refractivity contribution in [2.45, 2.75) is 19.3 Å². The zero-order chi connectivity index (χ0) is 27.1. The normalized spacial score (nSPS) is 13.7. The van der Waals surface area contributed by atoms with Crippen LogP contribution in [0.2, 0.25) is 15.2 Å². The van der Waals surface area contributed by atoms with Gasteiger partial charge in [0.25, 0.3) is 11.8 Å². The fourth-order valence-corrected chi connectivity index (χ4v) is 5.00. The minimum atomic E-state index is -0.191. The summed E-state index contributed by atoms with van der Waals surface area (Å²) in [7, 11) is 1.55. The Bertz CT molecular complexity index is 1300. The molecule has 0 atom stereocenters. The third kappa shape index (κ3) is 7.31. The standard InChI is InChI=1S/C28H28Cl3N3O4/c1-37-24-5-3-20(14-25(24)38-13-9-19-2-4-22(29)16-23(19)30)27(35)33-17-18-7-11-34(12-8-18)28(36)21-6-10-32-26(31)15-21/h2-6,10,14-16,18H,7-9,11-13,17H2,1H3,(H,33,35). The summed E-state index contributed by atoms with van der Waals surface area (Å²) in [4.78, 5) is 31.3. The summed E-state index contributed by atoms with van der Waals surface area (Å²) in [5.41, 5.74) is 1.93. The van der Waals surface area contributed by atoms with E-state index in [1.807, 2.05) is 11.0 Å². The predicted octanol–water partition coefficient (Wildman–Crippen LogP) is 5.95. The Morgan fingerprint density at radius 3 is 2.50 bits per heavy atom. The van der Waals surface area contributed by atoms with Crippen LogP contribution in [0.1, 0.15) is 39.1 Å². The predicted molar refractivity (Wildman–Crippen MR) is 149 cm³/mol. The third-order valence-corrected chi connectivity index (χ3v) is 7.29. The summed E-state index contributed by atoms with van der Waals surface area (Å²) >= 11 is 18.1. The molecule has 1 fully saturated rings. The summed E-state index contributed by atoms with van der Waals surface area (Å²) in [5, 5.41) is 4.47. The van der Waals surface area contributed by atoms with Crippen LogP contribution in [0, 0.1) is 5.92 Å². The Kier molecular flexibility index (Phi) is 9.72. The number of benzene rings is 2. The van der Waals surface area contributed by atoms with Gasteiger partial charge in [-0.15, -0.1) is 0 Å². The lowest BCUT2D eigenvalue weighted by molar-refractivity contribution is 0.0684. The fraction of sp³-hybridized carbons (Fsp3) is 0.321. The molecule has 1 aliphatic heterocycles. The number of aromatic nitrogens is 1. The Labute approximate surface area is 237 Å². The van der Waals surface area contributed by atoms with Crippen molar-refractivity contribution >= 4 is 46.6 Å². The van der Waals surface area contributed by atoms with Crippen molar-refractivity contribution < 1.29 is 19.1 Å². The highest BCUT2D eigenvalue weighted by Crippen LogP contribution is 2.29. The zero-order valence-electron chi connectivity index (χ0n) is 20.9. The number of hydrogen-bond donors (Lipinski definition) is 1. The van der Waals surface area contributed by atoms with Gasteiger partial charge in [0.2, 0.25) is 0 Å². The van der Waals surface area contributed by atoms with Gasteiger partial charge in [-0.05, 0) is 66.8 Å². The Morgan fingerprint density at radius 1 is 1.00 bits per heavy atom. The molecule has 2 aromatic carbocycles. The number of amides is 2. The number of halogens is 3. The van der Waals surface area contributed by atoms with Gasteiger partial charge in [-0.3, -0.25) is 9.59 Å². The maximum atomic E-state index is 12.9. The molecule has 1 saturated heterocycles. The Balaban J connectivity index is 1.27. The largest absolute Gasteiger partial charge is 0.493 e. The maximum absolute atomic E-state index is 12.9. The number of nitrogens with zero attached hydrogens (tertiary/aromatic N) is 2. The van der Waals surface area contributed by atoms with Gasteiger partial charge in [0.1, 0.15) is 5.15 Å². The number of ether oxygens (including phenoxy) is 2. The number of rotatable bonds is 9. The summed E-state index contributed by atoms with van der Waals surface area (Å²) in [6, 6.07) is 13.7. The molecule has 200 valence electrons. The Morgan fingerprint density at radius 2 is 1.79 bits per heavy atom. The number of methoxy groups -OCH3 is 1. The molecule has 10 heteroatoms. The van der Waals surface area contributed by atoms with E-state index in [-0.39, 0.29) is 17.7 Å². The average Bonchev–Trinajstić information content (AvgIpc) is 2.92. The van der Waals surface area contributed by atoms with E-state index in [1.165, 1.54) is 6.20 Å². The molecule has 0 unspecified atom stereocenters. The van der Waals surface area contributed by atoms with Crippen LogP contribution >= 0.6 is 34.8 Å². The van der Waals surface area contributed by atoms with Crippen LogP contribution in [-0.4, -0.2) is 55.0 Å². The lowest BCUT2D eigenvalue weighted by Crippen LogP contribution is -2.41. The topological polar surface area (TPSA) is 80.8 Å². The van der Waals surface area contributed by atoms with Gasteiger partial charge in [0, 0.05) is 53.4 Å². The van der Waals surface area contributed by atoms with E-state index in [4.69, 9.17) is 44.3 Å². The van der Waals surface area contributed by atoms with Crippen LogP contribution in [0.4, 0.5) is 0 Å². The number of hydrogen-bond acceptors (Lipinski definition) is 5. The van der Waals surface area contributed by atoms with Gasteiger partial charge < -0.3 is 19.7 Å².